The SMILES string of the molecule is CNC1(C(=O)O)CCCC1CCOC1CCCC(C)C1. The van der Waals surface area contributed by atoms with Crippen LogP contribution in [0.25, 0.3) is 0 Å². The van der Waals surface area contributed by atoms with Gasteiger partial charge in [0.15, 0.2) is 0 Å². The third kappa shape index (κ3) is 3.34. The Labute approximate surface area is 122 Å². The maximum atomic E-state index is 11.6. The van der Waals surface area contributed by atoms with Crippen molar-refractivity contribution in [3.63, 3.8) is 0 Å². The third-order valence-electron chi connectivity index (χ3n) is 5.36. The van der Waals surface area contributed by atoms with Gasteiger partial charge < -0.3 is 15.2 Å². The van der Waals surface area contributed by atoms with E-state index in [1.165, 1.54) is 25.7 Å². The summed E-state index contributed by atoms with van der Waals surface area (Å²) in [6.45, 7) is 3.00. The Kier molecular flexibility index (Phi) is 5.44. The quantitative estimate of drug-likeness (QED) is 0.787. The summed E-state index contributed by atoms with van der Waals surface area (Å²) in [7, 11) is 1.77. The summed E-state index contributed by atoms with van der Waals surface area (Å²) < 4.78 is 6.01. The van der Waals surface area contributed by atoms with Gasteiger partial charge in [-0.05, 0) is 51.0 Å². The van der Waals surface area contributed by atoms with E-state index in [2.05, 4.69) is 12.2 Å². The monoisotopic (exact) mass is 283 g/mol. The molecule has 4 atom stereocenters. The van der Waals surface area contributed by atoms with Crippen LogP contribution in [0.4, 0.5) is 0 Å². The van der Waals surface area contributed by atoms with Crippen molar-refractivity contribution < 1.29 is 14.6 Å². The Morgan fingerprint density at radius 3 is 2.80 bits per heavy atom. The lowest BCUT2D eigenvalue weighted by molar-refractivity contribution is -0.146. The molecule has 4 heteroatoms. The van der Waals surface area contributed by atoms with Crippen LogP contribution < -0.4 is 5.32 Å². The molecular weight excluding hydrogens is 254 g/mol. The number of likely N-dealkylation sites (N-methyl/N-ethyl adjacent to an activating group) is 1. The minimum atomic E-state index is -0.719. The summed E-state index contributed by atoms with van der Waals surface area (Å²) in [5, 5.41) is 12.6. The summed E-state index contributed by atoms with van der Waals surface area (Å²) in [5.74, 6) is 0.274. The van der Waals surface area contributed by atoms with Gasteiger partial charge in [-0.1, -0.05) is 26.2 Å². The number of ether oxygens (including phenoxy) is 1. The Bertz CT molecular complexity index is 334. The molecule has 4 unspecified atom stereocenters. The Morgan fingerprint density at radius 1 is 1.35 bits per heavy atom. The van der Waals surface area contributed by atoms with Crippen LogP contribution >= 0.6 is 0 Å². The van der Waals surface area contributed by atoms with E-state index in [-0.39, 0.29) is 5.92 Å². The minimum absolute atomic E-state index is 0.200. The van der Waals surface area contributed by atoms with Gasteiger partial charge in [0.2, 0.25) is 0 Å². The van der Waals surface area contributed by atoms with Gasteiger partial charge in [-0.2, -0.15) is 0 Å². The molecule has 0 aromatic heterocycles. The lowest BCUT2D eigenvalue weighted by Crippen LogP contribution is -2.53. The molecule has 0 bridgehead atoms. The van der Waals surface area contributed by atoms with E-state index in [9.17, 15) is 9.90 Å². The van der Waals surface area contributed by atoms with Crippen LogP contribution in [0.1, 0.15) is 58.3 Å². The van der Waals surface area contributed by atoms with Crippen LogP contribution in [-0.2, 0) is 9.53 Å². The number of carboxylic acid groups (broad SMARTS) is 1. The number of carbonyl (C=O) groups is 1. The molecule has 0 saturated heterocycles. The van der Waals surface area contributed by atoms with Crippen molar-refractivity contribution in [2.75, 3.05) is 13.7 Å². The van der Waals surface area contributed by atoms with Crippen molar-refractivity contribution in [1.29, 1.82) is 0 Å². The van der Waals surface area contributed by atoms with Gasteiger partial charge in [0.1, 0.15) is 5.54 Å². The van der Waals surface area contributed by atoms with Crippen molar-refractivity contribution in [2.45, 2.75) is 69.9 Å². The van der Waals surface area contributed by atoms with E-state index in [0.717, 1.165) is 31.6 Å². The zero-order valence-corrected chi connectivity index (χ0v) is 12.9. The molecule has 0 spiro atoms. The molecule has 0 radical (unpaired) electrons. The minimum Gasteiger partial charge on any atom is -0.480 e. The van der Waals surface area contributed by atoms with E-state index < -0.39 is 11.5 Å². The first-order chi connectivity index (χ1) is 9.58. The number of carboxylic acids is 1. The fourth-order valence-corrected chi connectivity index (χ4v) is 4.09. The summed E-state index contributed by atoms with van der Waals surface area (Å²) in [4.78, 5) is 11.6. The molecule has 0 heterocycles. The summed E-state index contributed by atoms with van der Waals surface area (Å²) in [5.41, 5.74) is -0.719. The predicted molar refractivity (Wildman–Crippen MR) is 78.8 cm³/mol. The van der Waals surface area contributed by atoms with E-state index in [1.807, 2.05) is 0 Å². The molecule has 2 N–H and O–H groups in total. The van der Waals surface area contributed by atoms with Crippen LogP contribution in [0, 0.1) is 11.8 Å². The van der Waals surface area contributed by atoms with Crippen molar-refractivity contribution in [3.8, 4) is 0 Å². The standard InChI is InChI=1S/C16H29NO3/c1-12-5-3-7-14(11-12)20-10-8-13-6-4-9-16(13,17-2)15(18)19/h12-14,17H,3-11H2,1-2H3,(H,18,19). The molecule has 20 heavy (non-hydrogen) atoms. The molecule has 0 aliphatic heterocycles. The number of nitrogens with one attached hydrogen (secondary N) is 1. The second-order valence-electron chi connectivity index (χ2n) is 6.67. The van der Waals surface area contributed by atoms with Gasteiger partial charge in [-0.25, -0.2) is 0 Å². The van der Waals surface area contributed by atoms with Crippen LogP contribution in [0.15, 0.2) is 0 Å². The van der Waals surface area contributed by atoms with Gasteiger partial charge in [-0.3, -0.25) is 4.79 Å². The van der Waals surface area contributed by atoms with E-state index >= 15 is 0 Å². The molecule has 0 aromatic rings. The van der Waals surface area contributed by atoms with Crippen molar-refractivity contribution in [2.24, 2.45) is 11.8 Å². The Balaban J connectivity index is 1.79. The first-order valence-electron chi connectivity index (χ1n) is 8.12. The summed E-state index contributed by atoms with van der Waals surface area (Å²) >= 11 is 0. The van der Waals surface area contributed by atoms with E-state index in [0.29, 0.717) is 12.7 Å². The largest absolute Gasteiger partial charge is 0.480 e. The Hall–Kier alpha value is -0.610. The predicted octanol–water partition coefficient (Wildman–Crippen LogP) is 2.81. The smallest absolute Gasteiger partial charge is 0.324 e. The molecule has 2 fully saturated rings. The molecule has 2 aliphatic rings. The average Bonchev–Trinajstić information content (AvgIpc) is 2.83. The highest BCUT2D eigenvalue weighted by Crippen LogP contribution is 2.38. The fraction of sp³-hybridized carbons (Fsp3) is 0.938. The first kappa shape index (κ1) is 15.8. The first-order valence-corrected chi connectivity index (χ1v) is 8.12. The second kappa shape index (κ2) is 6.90. The molecule has 0 aromatic carbocycles. The third-order valence-corrected chi connectivity index (χ3v) is 5.36. The van der Waals surface area contributed by atoms with Crippen molar-refractivity contribution in [1.82, 2.24) is 5.32 Å². The van der Waals surface area contributed by atoms with Crippen LogP contribution in [-0.4, -0.2) is 36.4 Å². The highest BCUT2D eigenvalue weighted by molar-refractivity contribution is 5.79. The number of aliphatic carboxylic acids is 1. The molecule has 0 amide bonds. The molecule has 116 valence electrons. The number of rotatable bonds is 6. The average molecular weight is 283 g/mol. The van der Waals surface area contributed by atoms with Gasteiger partial charge in [0.05, 0.1) is 6.10 Å². The number of hydrogen-bond acceptors (Lipinski definition) is 3. The zero-order chi connectivity index (χ0) is 14.6. The van der Waals surface area contributed by atoms with Gasteiger partial charge in [0.25, 0.3) is 0 Å². The van der Waals surface area contributed by atoms with Crippen LogP contribution in [0.2, 0.25) is 0 Å². The molecule has 2 rings (SSSR count). The highest BCUT2D eigenvalue weighted by atomic mass is 16.5. The molecule has 2 saturated carbocycles. The van der Waals surface area contributed by atoms with Crippen molar-refractivity contribution >= 4 is 5.97 Å². The zero-order valence-electron chi connectivity index (χ0n) is 12.9. The topological polar surface area (TPSA) is 58.6 Å². The highest BCUT2D eigenvalue weighted by Gasteiger charge is 2.47. The molecular formula is C16H29NO3. The summed E-state index contributed by atoms with van der Waals surface area (Å²) in [6.07, 6.45) is 8.92. The van der Waals surface area contributed by atoms with E-state index in [4.69, 9.17) is 4.74 Å². The van der Waals surface area contributed by atoms with Gasteiger partial charge in [0, 0.05) is 6.61 Å². The lowest BCUT2D eigenvalue weighted by atomic mass is 9.85. The lowest BCUT2D eigenvalue weighted by Gasteiger charge is -2.32. The van der Waals surface area contributed by atoms with Crippen LogP contribution in [0.5, 0.6) is 0 Å². The normalized spacial score (nSPS) is 38.0. The van der Waals surface area contributed by atoms with Crippen LogP contribution in [0.3, 0.4) is 0 Å². The number of hydrogen-bond donors (Lipinski definition) is 2. The maximum Gasteiger partial charge on any atom is 0.324 e. The summed E-state index contributed by atoms with van der Waals surface area (Å²) in [6, 6.07) is 0. The van der Waals surface area contributed by atoms with Gasteiger partial charge >= 0.3 is 5.97 Å². The fourth-order valence-electron chi connectivity index (χ4n) is 4.09. The molecule has 4 nitrogen and oxygen atoms in total. The van der Waals surface area contributed by atoms with Gasteiger partial charge in [-0.15, -0.1) is 0 Å². The van der Waals surface area contributed by atoms with E-state index in [1.54, 1.807) is 7.05 Å². The molecule has 2 aliphatic carbocycles. The Morgan fingerprint density at radius 2 is 2.15 bits per heavy atom. The maximum absolute atomic E-state index is 11.6. The second-order valence-corrected chi connectivity index (χ2v) is 6.67. The van der Waals surface area contributed by atoms with Crippen molar-refractivity contribution in [3.05, 3.63) is 0 Å².